The lowest BCUT2D eigenvalue weighted by atomic mass is 10.1. The van der Waals surface area contributed by atoms with E-state index in [4.69, 9.17) is 19.7 Å². The van der Waals surface area contributed by atoms with Crippen molar-refractivity contribution >= 4 is 13.6 Å². The molecule has 2 aliphatic heterocycles. The summed E-state index contributed by atoms with van der Waals surface area (Å²) in [6.07, 6.45) is -9.31. The SMILES string of the molecule is CC(O)[C@H]1O[C@](O)(OP(=O)(O)OC[C@H]2O[C@@H](n3ccc(N)nc3=O)[C@H](O)[C@@H]2O)C[C@@H]1O. The van der Waals surface area contributed by atoms with Crippen LogP contribution in [-0.4, -0.2) is 89.2 Å². The maximum atomic E-state index is 12.2. The van der Waals surface area contributed by atoms with Gasteiger partial charge in [0.1, 0.15) is 30.2 Å². The maximum Gasteiger partial charge on any atom is 0.476 e. The minimum Gasteiger partial charge on any atom is -0.391 e. The van der Waals surface area contributed by atoms with Crippen LogP contribution in [0.2, 0.25) is 0 Å². The number of aromatic nitrogens is 2. The number of hydrogen-bond donors (Lipinski definition) is 7. The van der Waals surface area contributed by atoms with E-state index in [9.17, 15) is 39.8 Å². The number of nitrogens with two attached hydrogens (primary N) is 1. The molecule has 0 amide bonds. The third-order valence-corrected chi connectivity index (χ3v) is 5.76. The first-order valence-electron chi connectivity index (χ1n) is 9.12. The molecular formula is C15H24N3O12P. The summed E-state index contributed by atoms with van der Waals surface area (Å²) in [5.74, 6) is -2.78. The van der Waals surface area contributed by atoms with Crippen LogP contribution in [0.5, 0.6) is 0 Å². The van der Waals surface area contributed by atoms with Gasteiger partial charge in [-0.1, -0.05) is 0 Å². The molecule has 176 valence electrons. The normalized spacial score (nSPS) is 38.8. The van der Waals surface area contributed by atoms with Gasteiger partial charge in [0.2, 0.25) is 0 Å². The summed E-state index contributed by atoms with van der Waals surface area (Å²) in [5.41, 5.74) is 4.53. The zero-order valence-corrected chi connectivity index (χ0v) is 17.1. The summed E-state index contributed by atoms with van der Waals surface area (Å²) in [6, 6.07) is 1.26. The third kappa shape index (κ3) is 5.30. The topological polar surface area (TPSA) is 236 Å². The number of nitrogens with zero attached hydrogens (tertiary/aromatic N) is 2. The molecule has 8 N–H and O–H groups in total. The van der Waals surface area contributed by atoms with Gasteiger partial charge in [0.05, 0.1) is 25.2 Å². The average Bonchev–Trinajstić information content (AvgIpc) is 3.09. The number of aliphatic hydroxyl groups excluding tert-OH is 4. The van der Waals surface area contributed by atoms with Crippen molar-refractivity contribution in [3.63, 3.8) is 0 Å². The van der Waals surface area contributed by atoms with Crippen LogP contribution in [0, 0.1) is 0 Å². The molecule has 3 rings (SSSR count). The standard InChI is InChI=1S/C15H24N3O12P/c1-6(19)12-7(20)4-15(24,29-12)30-31(25,26)27-5-8-10(21)11(22)13(28-8)18-3-2-9(16)17-14(18)23/h2-3,6-8,10-13,19-22,24H,4-5H2,1H3,(H,25,26)(H2,16,17,23)/t6?,7-,8+,10+,11+,12+,13+,15-/m0/s1. The van der Waals surface area contributed by atoms with E-state index >= 15 is 0 Å². The van der Waals surface area contributed by atoms with Crippen molar-refractivity contribution in [1.82, 2.24) is 9.55 Å². The molecule has 9 atom stereocenters. The fourth-order valence-corrected chi connectivity index (χ4v) is 4.16. The fraction of sp³-hybridized carbons (Fsp3) is 0.733. The lowest BCUT2D eigenvalue weighted by molar-refractivity contribution is -0.320. The molecule has 2 fully saturated rings. The predicted molar refractivity (Wildman–Crippen MR) is 97.8 cm³/mol. The van der Waals surface area contributed by atoms with Gasteiger partial charge in [-0.3, -0.25) is 9.09 Å². The molecule has 0 saturated carbocycles. The van der Waals surface area contributed by atoms with Crippen molar-refractivity contribution < 1.29 is 53.5 Å². The van der Waals surface area contributed by atoms with Gasteiger partial charge in [0.25, 0.3) is 5.97 Å². The number of phosphoric acid groups is 1. The largest absolute Gasteiger partial charge is 0.476 e. The molecule has 2 aliphatic rings. The lowest BCUT2D eigenvalue weighted by Gasteiger charge is -2.26. The van der Waals surface area contributed by atoms with E-state index in [-0.39, 0.29) is 5.82 Å². The molecule has 15 nitrogen and oxygen atoms in total. The van der Waals surface area contributed by atoms with Crippen LogP contribution < -0.4 is 11.4 Å². The number of aliphatic hydroxyl groups is 5. The summed E-state index contributed by atoms with van der Waals surface area (Å²) in [6.45, 7) is 0.481. The Kier molecular flexibility index (Phi) is 6.86. The Hall–Kier alpha value is -1.49. The van der Waals surface area contributed by atoms with Crippen LogP contribution in [0.25, 0.3) is 0 Å². The highest BCUT2D eigenvalue weighted by atomic mass is 31.2. The van der Waals surface area contributed by atoms with Crippen molar-refractivity contribution in [2.45, 2.75) is 62.2 Å². The van der Waals surface area contributed by atoms with Crippen LogP contribution >= 0.6 is 7.82 Å². The second-order valence-electron chi connectivity index (χ2n) is 7.25. The Morgan fingerprint density at radius 3 is 2.68 bits per heavy atom. The lowest BCUT2D eigenvalue weighted by Crippen LogP contribution is -2.36. The number of hydrogen-bond acceptors (Lipinski definition) is 13. The van der Waals surface area contributed by atoms with Gasteiger partial charge in [-0.15, -0.1) is 0 Å². The zero-order valence-electron chi connectivity index (χ0n) is 16.2. The molecule has 0 aliphatic carbocycles. The highest BCUT2D eigenvalue weighted by Gasteiger charge is 2.52. The third-order valence-electron chi connectivity index (χ3n) is 4.76. The molecule has 3 heterocycles. The molecule has 0 radical (unpaired) electrons. The van der Waals surface area contributed by atoms with Gasteiger partial charge in [-0.25, -0.2) is 13.9 Å². The van der Waals surface area contributed by atoms with Gasteiger partial charge >= 0.3 is 13.5 Å². The predicted octanol–water partition coefficient (Wildman–Crippen LogP) is -3.24. The van der Waals surface area contributed by atoms with E-state index in [1.807, 2.05) is 0 Å². The first-order valence-corrected chi connectivity index (χ1v) is 10.6. The fourth-order valence-electron chi connectivity index (χ4n) is 3.29. The van der Waals surface area contributed by atoms with Crippen molar-refractivity contribution in [1.29, 1.82) is 0 Å². The van der Waals surface area contributed by atoms with Crippen LogP contribution in [-0.2, 0) is 23.1 Å². The van der Waals surface area contributed by atoms with Gasteiger partial charge < -0.3 is 45.6 Å². The zero-order chi connectivity index (χ0) is 23.1. The van der Waals surface area contributed by atoms with Crippen molar-refractivity contribution in [2.75, 3.05) is 12.3 Å². The Labute approximate surface area is 174 Å². The molecule has 31 heavy (non-hydrogen) atoms. The molecule has 1 aromatic heterocycles. The second kappa shape index (κ2) is 8.80. The maximum absolute atomic E-state index is 12.2. The van der Waals surface area contributed by atoms with Crippen molar-refractivity contribution in [3.8, 4) is 0 Å². The molecule has 1 aromatic rings. The van der Waals surface area contributed by atoms with Gasteiger partial charge in [-0.2, -0.15) is 4.98 Å². The summed E-state index contributed by atoms with van der Waals surface area (Å²) >= 11 is 0. The molecule has 0 spiro atoms. The van der Waals surface area contributed by atoms with E-state index in [0.717, 1.165) is 4.57 Å². The summed E-state index contributed by atoms with van der Waals surface area (Å²) in [7, 11) is -5.03. The molecule has 2 unspecified atom stereocenters. The Morgan fingerprint density at radius 1 is 1.42 bits per heavy atom. The number of nitrogen functional groups attached to an aromatic ring is 1. The van der Waals surface area contributed by atoms with E-state index in [1.165, 1.54) is 19.2 Å². The van der Waals surface area contributed by atoms with Crippen LogP contribution in [0.4, 0.5) is 5.82 Å². The molecular weight excluding hydrogens is 445 g/mol. The highest BCUT2D eigenvalue weighted by molar-refractivity contribution is 7.47. The minimum absolute atomic E-state index is 0.0671. The van der Waals surface area contributed by atoms with Crippen molar-refractivity contribution in [3.05, 3.63) is 22.7 Å². The number of anilines is 1. The quantitative estimate of drug-likeness (QED) is 0.153. The van der Waals surface area contributed by atoms with Crippen molar-refractivity contribution in [2.24, 2.45) is 0 Å². The highest BCUT2D eigenvalue weighted by Crippen LogP contribution is 2.50. The summed E-state index contributed by atoms with van der Waals surface area (Å²) in [4.78, 5) is 25.3. The molecule has 0 bridgehead atoms. The molecule has 0 aromatic carbocycles. The van der Waals surface area contributed by atoms with Gasteiger partial charge in [0.15, 0.2) is 6.23 Å². The Morgan fingerprint density at radius 2 is 2.10 bits per heavy atom. The van der Waals surface area contributed by atoms with E-state index in [0.29, 0.717) is 0 Å². The Bertz CT molecular complexity index is 898. The first-order chi connectivity index (χ1) is 14.3. The first kappa shape index (κ1) is 24.2. The summed E-state index contributed by atoms with van der Waals surface area (Å²) < 4.78 is 32.6. The van der Waals surface area contributed by atoms with E-state index < -0.39 is 75.4 Å². The monoisotopic (exact) mass is 469 g/mol. The average molecular weight is 469 g/mol. The number of phosphoric ester groups is 1. The number of ether oxygens (including phenoxy) is 2. The molecule has 16 heteroatoms. The smallest absolute Gasteiger partial charge is 0.391 e. The van der Waals surface area contributed by atoms with Gasteiger partial charge in [0, 0.05) is 6.20 Å². The van der Waals surface area contributed by atoms with Gasteiger partial charge in [-0.05, 0) is 13.0 Å². The Balaban J connectivity index is 1.62. The van der Waals surface area contributed by atoms with E-state index in [2.05, 4.69) is 9.51 Å². The minimum atomic E-state index is -5.03. The summed E-state index contributed by atoms with van der Waals surface area (Å²) in [5, 5.41) is 49.7. The molecule has 2 saturated heterocycles. The van der Waals surface area contributed by atoms with Crippen LogP contribution in [0.15, 0.2) is 17.1 Å². The van der Waals surface area contributed by atoms with Crippen LogP contribution in [0.1, 0.15) is 19.6 Å². The second-order valence-corrected chi connectivity index (χ2v) is 8.63. The van der Waals surface area contributed by atoms with E-state index in [1.54, 1.807) is 0 Å². The number of rotatable bonds is 7. The van der Waals surface area contributed by atoms with Crippen LogP contribution in [0.3, 0.4) is 0 Å².